The van der Waals surface area contributed by atoms with Gasteiger partial charge in [0.25, 0.3) is 0 Å². The number of rotatable bonds is 7. The van der Waals surface area contributed by atoms with Gasteiger partial charge < -0.3 is 16.0 Å². The largest absolute Gasteiger partial charge is 0.396 e. The van der Waals surface area contributed by atoms with Gasteiger partial charge in [0.15, 0.2) is 0 Å². The van der Waals surface area contributed by atoms with E-state index in [2.05, 4.69) is 35.1 Å². The Kier molecular flexibility index (Phi) is 5.18. The first kappa shape index (κ1) is 14.6. The van der Waals surface area contributed by atoms with Gasteiger partial charge in [-0.1, -0.05) is 32.0 Å². The third-order valence-corrected chi connectivity index (χ3v) is 3.52. The van der Waals surface area contributed by atoms with Crippen molar-refractivity contribution in [2.75, 3.05) is 37.2 Å². The predicted octanol–water partition coefficient (Wildman–Crippen LogP) is 2.96. The van der Waals surface area contributed by atoms with E-state index in [1.807, 2.05) is 18.2 Å². The summed E-state index contributed by atoms with van der Waals surface area (Å²) in [4.78, 5) is 6.79. The van der Waals surface area contributed by atoms with Crippen LogP contribution in [-0.4, -0.2) is 36.1 Å². The van der Waals surface area contributed by atoms with E-state index in [-0.39, 0.29) is 0 Å². The summed E-state index contributed by atoms with van der Waals surface area (Å²) in [6, 6.07) is 8.08. The van der Waals surface area contributed by atoms with Crippen LogP contribution in [0.3, 0.4) is 0 Å². The zero-order valence-corrected chi connectivity index (χ0v) is 12.4. The van der Waals surface area contributed by atoms with Crippen LogP contribution in [0.25, 0.3) is 10.9 Å². The average Bonchev–Trinajstić information content (AvgIpc) is 2.48. The summed E-state index contributed by atoms with van der Waals surface area (Å²) < 4.78 is 0. The summed E-state index contributed by atoms with van der Waals surface area (Å²) >= 11 is 0. The number of nitrogens with two attached hydrogens (primary N) is 1. The molecule has 0 bridgehead atoms. The summed E-state index contributed by atoms with van der Waals surface area (Å²) in [6.07, 6.45) is 2.92. The summed E-state index contributed by atoms with van der Waals surface area (Å²) in [5.74, 6) is 0. The van der Waals surface area contributed by atoms with Crippen molar-refractivity contribution in [3.63, 3.8) is 0 Å². The van der Waals surface area contributed by atoms with E-state index in [4.69, 9.17) is 5.73 Å². The van der Waals surface area contributed by atoms with Crippen LogP contribution < -0.4 is 11.1 Å². The van der Waals surface area contributed by atoms with Crippen molar-refractivity contribution in [2.45, 2.75) is 20.3 Å². The highest BCUT2D eigenvalue weighted by atomic mass is 15.1. The molecule has 0 amide bonds. The number of para-hydroxylation sites is 1. The standard InChI is InChI=1S/C16H24N4/c1-3-10-20(4-2)11-9-18-16-13-7-5-6-8-15(13)19-12-14(16)17/h5-8,12H,3-4,9-11,17H2,1-2H3,(H,18,19). The maximum absolute atomic E-state index is 6.06. The zero-order chi connectivity index (χ0) is 14.4. The zero-order valence-electron chi connectivity index (χ0n) is 12.4. The van der Waals surface area contributed by atoms with Gasteiger partial charge in [-0.05, 0) is 25.6 Å². The molecule has 1 aromatic carbocycles. The quantitative estimate of drug-likeness (QED) is 0.813. The van der Waals surface area contributed by atoms with E-state index in [0.29, 0.717) is 5.69 Å². The Labute approximate surface area is 121 Å². The molecule has 0 fully saturated rings. The van der Waals surface area contributed by atoms with Crippen molar-refractivity contribution in [3.8, 4) is 0 Å². The lowest BCUT2D eigenvalue weighted by atomic mass is 10.1. The fraction of sp³-hybridized carbons (Fsp3) is 0.438. The normalized spacial score (nSPS) is 11.2. The lowest BCUT2D eigenvalue weighted by Gasteiger charge is -2.20. The monoisotopic (exact) mass is 272 g/mol. The Hall–Kier alpha value is -1.81. The number of nitrogens with zero attached hydrogens (tertiary/aromatic N) is 2. The van der Waals surface area contributed by atoms with Gasteiger partial charge >= 0.3 is 0 Å². The van der Waals surface area contributed by atoms with Crippen molar-refractivity contribution >= 4 is 22.3 Å². The van der Waals surface area contributed by atoms with Crippen LogP contribution in [0.15, 0.2) is 30.5 Å². The van der Waals surface area contributed by atoms with Gasteiger partial charge in [0.1, 0.15) is 0 Å². The molecular formula is C16H24N4. The number of nitrogens with one attached hydrogen (secondary N) is 1. The first-order chi connectivity index (χ1) is 9.76. The van der Waals surface area contributed by atoms with Crippen LogP contribution in [0.4, 0.5) is 11.4 Å². The second kappa shape index (κ2) is 7.10. The van der Waals surface area contributed by atoms with E-state index >= 15 is 0 Å². The predicted molar refractivity (Wildman–Crippen MR) is 87.1 cm³/mol. The molecule has 2 aromatic rings. The molecule has 0 atom stereocenters. The molecule has 0 spiro atoms. The van der Waals surface area contributed by atoms with E-state index < -0.39 is 0 Å². The lowest BCUT2D eigenvalue weighted by Crippen LogP contribution is -2.29. The molecule has 0 radical (unpaired) electrons. The van der Waals surface area contributed by atoms with Gasteiger partial charge in [-0.15, -0.1) is 0 Å². The molecule has 0 unspecified atom stereocenters. The number of anilines is 2. The Bertz CT molecular complexity index is 553. The number of likely N-dealkylation sites (N-methyl/N-ethyl adjacent to an activating group) is 1. The Morgan fingerprint density at radius 3 is 2.75 bits per heavy atom. The molecule has 3 N–H and O–H groups in total. The van der Waals surface area contributed by atoms with E-state index in [1.165, 1.54) is 6.42 Å². The number of fused-ring (bicyclic) bond motifs is 1. The second-order valence-electron chi connectivity index (χ2n) is 4.97. The molecule has 4 nitrogen and oxygen atoms in total. The van der Waals surface area contributed by atoms with Crippen LogP contribution in [0.1, 0.15) is 20.3 Å². The maximum Gasteiger partial charge on any atom is 0.0743 e. The number of benzene rings is 1. The first-order valence-electron chi connectivity index (χ1n) is 7.35. The van der Waals surface area contributed by atoms with Crippen molar-refractivity contribution in [1.82, 2.24) is 9.88 Å². The van der Waals surface area contributed by atoms with Crippen LogP contribution in [0, 0.1) is 0 Å². The number of aromatic nitrogens is 1. The van der Waals surface area contributed by atoms with Gasteiger partial charge in [0.05, 0.1) is 23.1 Å². The number of hydrogen-bond acceptors (Lipinski definition) is 4. The minimum absolute atomic E-state index is 0.710. The molecule has 4 heteroatoms. The summed E-state index contributed by atoms with van der Waals surface area (Å²) in [6.45, 7) is 8.57. The Morgan fingerprint density at radius 1 is 1.20 bits per heavy atom. The molecule has 0 saturated heterocycles. The van der Waals surface area contributed by atoms with Gasteiger partial charge in [-0.25, -0.2) is 0 Å². The Balaban J connectivity index is 2.07. The van der Waals surface area contributed by atoms with Crippen molar-refractivity contribution in [3.05, 3.63) is 30.5 Å². The van der Waals surface area contributed by atoms with Crippen molar-refractivity contribution in [1.29, 1.82) is 0 Å². The fourth-order valence-corrected chi connectivity index (χ4v) is 2.44. The van der Waals surface area contributed by atoms with Gasteiger partial charge in [0.2, 0.25) is 0 Å². The minimum Gasteiger partial charge on any atom is -0.396 e. The maximum atomic E-state index is 6.06. The average molecular weight is 272 g/mol. The third-order valence-electron chi connectivity index (χ3n) is 3.52. The van der Waals surface area contributed by atoms with Gasteiger partial charge in [-0.2, -0.15) is 0 Å². The second-order valence-corrected chi connectivity index (χ2v) is 4.97. The van der Waals surface area contributed by atoms with Crippen molar-refractivity contribution in [2.24, 2.45) is 0 Å². The third kappa shape index (κ3) is 3.39. The topological polar surface area (TPSA) is 54.2 Å². The number of nitrogen functional groups attached to an aromatic ring is 1. The fourth-order valence-electron chi connectivity index (χ4n) is 2.44. The highest BCUT2D eigenvalue weighted by Gasteiger charge is 2.06. The van der Waals surface area contributed by atoms with Crippen LogP contribution in [0.5, 0.6) is 0 Å². The summed E-state index contributed by atoms with van der Waals surface area (Å²) in [5, 5.41) is 4.56. The molecule has 2 rings (SSSR count). The van der Waals surface area contributed by atoms with Crippen LogP contribution in [0.2, 0.25) is 0 Å². The molecular weight excluding hydrogens is 248 g/mol. The molecule has 108 valence electrons. The van der Waals surface area contributed by atoms with Gasteiger partial charge in [-0.3, -0.25) is 4.98 Å². The molecule has 20 heavy (non-hydrogen) atoms. The lowest BCUT2D eigenvalue weighted by molar-refractivity contribution is 0.300. The highest BCUT2D eigenvalue weighted by molar-refractivity contribution is 5.96. The SMILES string of the molecule is CCCN(CC)CCNc1c(N)cnc2ccccc12. The smallest absolute Gasteiger partial charge is 0.0743 e. The number of hydrogen-bond donors (Lipinski definition) is 2. The molecule has 1 aromatic heterocycles. The number of pyridine rings is 1. The molecule has 0 aliphatic heterocycles. The molecule has 0 saturated carbocycles. The Morgan fingerprint density at radius 2 is 2.00 bits per heavy atom. The van der Waals surface area contributed by atoms with Gasteiger partial charge in [0, 0.05) is 18.5 Å². The van der Waals surface area contributed by atoms with Crippen LogP contribution >= 0.6 is 0 Å². The summed E-state index contributed by atoms with van der Waals surface area (Å²) in [5.41, 5.74) is 8.75. The molecule has 1 heterocycles. The van der Waals surface area contributed by atoms with Crippen LogP contribution in [-0.2, 0) is 0 Å². The van der Waals surface area contributed by atoms with E-state index in [1.54, 1.807) is 6.20 Å². The van der Waals surface area contributed by atoms with E-state index in [0.717, 1.165) is 42.8 Å². The molecule has 0 aliphatic rings. The van der Waals surface area contributed by atoms with E-state index in [9.17, 15) is 0 Å². The highest BCUT2D eigenvalue weighted by Crippen LogP contribution is 2.27. The molecule has 0 aliphatic carbocycles. The summed E-state index contributed by atoms with van der Waals surface area (Å²) in [7, 11) is 0. The minimum atomic E-state index is 0.710. The van der Waals surface area contributed by atoms with Crippen molar-refractivity contribution < 1.29 is 0 Å². The first-order valence-corrected chi connectivity index (χ1v) is 7.35.